The molecule has 0 spiro atoms. The SMILES string of the molecule is CC(C)n1ccn(CS)c1=O. The summed E-state index contributed by atoms with van der Waals surface area (Å²) < 4.78 is 3.24. The molecule has 1 rings (SSSR count). The van der Waals surface area contributed by atoms with Crippen LogP contribution in [0.15, 0.2) is 17.2 Å². The Labute approximate surface area is 71.1 Å². The summed E-state index contributed by atoms with van der Waals surface area (Å²) in [7, 11) is 0. The molecule has 3 nitrogen and oxygen atoms in total. The first-order valence-electron chi connectivity index (χ1n) is 3.55. The second kappa shape index (κ2) is 3.17. The average Bonchev–Trinajstić information content (AvgIpc) is 2.30. The van der Waals surface area contributed by atoms with Gasteiger partial charge in [-0.05, 0) is 13.8 Å². The first-order chi connectivity index (χ1) is 5.16. The van der Waals surface area contributed by atoms with Crippen LogP contribution in [-0.4, -0.2) is 9.13 Å². The summed E-state index contributed by atoms with van der Waals surface area (Å²) in [6.45, 7) is 3.95. The smallest absolute Gasteiger partial charge is 0.297 e. The number of hydrogen-bond donors (Lipinski definition) is 1. The second-order valence-corrected chi connectivity index (χ2v) is 2.98. The zero-order chi connectivity index (χ0) is 8.43. The summed E-state index contributed by atoms with van der Waals surface area (Å²) in [6, 6.07) is 0.226. The molecule has 0 aliphatic rings. The van der Waals surface area contributed by atoms with Crippen molar-refractivity contribution >= 4 is 12.6 Å². The van der Waals surface area contributed by atoms with Gasteiger partial charge in [0.15, 0.2) is 0 Å². The van der Waals surface area contributed by atoms with Crippen molar-refractivity contribution < 1.29 is 0 Å². The molecule has 0 saturated carbocycles. The molecular weight excluding hydrogens is 160 g/mol. The third-order valence-corrected chi connectivity index (χ3v) is 1.89. The number of rotatable bonds is 2. The van der Waals surface area contributed by atoms with E-state index in [1.165, 1.54) is 0 Å². The van der Waals surface area contributed by atoms with Crippen molar-refractivity contribution in [3.63, 3.8) is 0 Å². The van der Waals surface area contributed by atoms with E-state index in [4.69, 9.17) is 0 Å². The van der Waals surface area contributed by atoms with E-state index in [0.717, 1.165) is 0 Å². The molecule has 1 aromatic rings. The maximum absolute atomic E-state index is 11.3. The summed E-state index contributed by atoms with van der Waals surface area (Å²) in [4.78, 5) is 11.3. The molecule has 62 valence electrons. The molecule has 0 amide bonds. The summed E-state index contributed by atoms with van der Waals surface area (Å²) in [5.74, 6) is 0.443. The highest BCUT2D eigenvalue weighted by Gasteiger charge is 2.03. The van der Waals surface area contributed by atoms with Crippen molar-refractivity contribution in [2.45, 2.75) is 25.8 Å². The Kier molecular flexibility index (Phi) is 2.44. The van der Waals surface area contributed by atoms with Gasteiger partial charge in [-0.3, -0.25) is 9.13 Å². The molecule has 0 bridgehead atoms. The van der Waals surface area contributed by atoms with Crippen LogP contribution in [0.5, 0.6) is 0 Å². The zero-order valence-corrected chi connectivity index (χ0v) is 7.58. The zero-order valence-electron chi connectivity index (χ0n) is 6.69. The van der Waals surface area contributed by atoms with Gasteiger partial charge in [-0.25, -0.2) is 4.79 Å². The normalized spacial score (nSPS) is 10.9. The Morgan fingerprint density at radius 2 is 2.18 bits per heavy atom. The number of imidazole rings is 1. The summed E-state index contributed by atoms with van der Waals surface area (Å²) in [5.41, 5.74) is 0.00926. The standard InChI is InChI=1S/C7H12N2OS/c1-6(2)9-4-3-8(5-11)7(9)10/h3-4,6,11H,5H2,1-2H3. The van der Waals surface area contributed by atoms with Gasteiger partial charge < -0.3 is 0 Å². The van der Waals surface area contributed by atoms with E-state index in [2.05, 4.69) is 12.6 Å². The highest BCUT2D eigenvalue weighted by atomic mass is 32.1. The maximum Gasteiger partial charge on any atom is 0.329 e. The van der Waals surface area contributed by atoms with Crippen LogP contribution in [0, 0.1) is 0 Å². The number of hydrogen-bond acceptors (Lipinski definition) is 2. The minimum absolute atomic E-state index is 0.00926. The molecule has 0 atom stereocenters. The fourth-order valence-corrected chi connectivity index (χ4v) is 1.14. The van der Waals surface area contributed by atoms with Crippen LogP contribution in [0.4, 0.5) is 0 Å². The first-order valence-corrected chi connectivity index (χ1v) is 4.18. The van der Waals surface area contributed by atoms with Crippen LogP contribution in [0.2, 0.25) is 0 Å². The van der Waals surface area contributed by atoms with Crippen molar-refractivity contribution in [1.29, 1.82) is 0 Å². The van der Waals surface area contributed by atoms with Gasteiger partial charge in [0.2, 0.25) is 0 Å². The van der Waals surface area contributed by atoms with Crippen molar-refractivity contribution in [1.82, 2.24) is 9.13 Å². The van der Waals surface area contributed by atoms with Gasteiger partial charge in [0, 0.05) is 18.4 Å². The van der Waals surface area contributed by atoms with E-state index in [9.17, 15) is 4.79 Å². The van der Waals surface area contributed by atoms with Gasteiger partial charge >= 0.3 is 5.69 Å². The van der Waals surface area contributed by atoms with Crippen molar-refractivity contribution in [3.05, 3.63) is 22.9 Å². The minimum Gasteiger partial charge on any atom is -0.297 e. The Morgan fingerprint density at radius 1 is 1.55 bits per heavy atom. The van der Waals surface area contributed by atoms with E-state index in [1.807, 2.05) is 13.8 Å². The monoisotopic (exact) mass is 172 g/mol. The van der Waals surface area contributed by atoms with Gasteiger partial charge in [-0.1, -0.05) is 0 Å². The number of aromatic nitrogens is 2. The molecule has 0 fully saturated rings. The molecule has 0 N–H and O–H groups in total. The maximum atomic E-state index is 11.3. The fraction of sp³-hybridized carbons (Fsp3) is 0.571. The largest absolute Gasteiger partial charge is 0.329 e. The quantitative estimate of drug-likeness (QED) is 0.665. The fourth-order valence-electron chi connectivity index (χ4n) is 0.929. The van der Waals surface area contributed by atoms with Gasteiger partial charge in [-0.2, -0.15) is 12.6 Å². The first kappa shape index (κ1) is 8.46. The lowest BCUT2D eigenvalue weighted by Gasteiger charge is -2.03. The lowest BCUT2D eigenvalue weighted by atomic mass is 10.4. The van der Waals surface area contributed by atoms with Crippen molar-refractivity contribution in [2.75, 3.05) is 0 Å². The van der Waals surface area contributed by atoms with Gasteiger partial charge in [0.25, 0.3) is 0 Å². The third kappa shape index (κ3) is 1.50. The van der Waals surface area contributed by atoms with Crippen LogP contribution in [0.25, 0.3) is 0 Å². The topological polar surface area (TPSA) is 26.9 Å². The van der Waals surface area contributed by atoms with E-state index in [-0.39, 0.29) is 11.7 Å². The molecule has 0 aliphatic carbocycles. The summed E-state index contributed by atoms with van der Waals surface area (Å²) in [6.07, 6.45) is 3.53. The van der Waals surface area contributed by atoms with E-state index >= 15 is 0 Å². The van der Waals surface area contributed by atoms with Crippen molar-refractivity contribution in [3.8, 4) is 0 Å². The number of thiol groups is 1. The van der Waals surface area contributed by atoms with Crippen LogP contribution in [0.1, 0.15) is 19.9 Å². The minimum atomic E-state index is 0.00926. The van der Waals surface area contributed by atoms with Gasteiger partial charge in [0.05, 0.1) is 5.88 Å². The summed E-state index contributed by atoms with van der Waals surface area (Å²) in [5, 5.41) is 0. The molecule has 0 unspecified atom stereocenters. The number of nitrogens with zero attached hydrogens (tertiary/aromatic N) is 2. The summed E-state index contributed by atoms with van der Waals surface area (Å²) >= 11 is 4.01. The Morgan fingerprint density at radius 3 is 2.45 bits per heavy atom. The molecule has 1 aromatic heterocycles. The average molecular weight is 172 g/mol. The molecule has 0 radical (unpaired) electrons. The highest BCUT2D eigenvalue weighted by Crippen LogP contribution is 1.98. The molecule has 4 heteroatoms. The predicted octanol–water partition coefficient (Wildman–Crippen LogP) is 1.12. The van der Waals surface area contributed by atoms with Gasteiger partial charge in [0.1, 0.15) is 0 Å². The highest BCUT2D eigenvalue weighted by molar-refractivity contribution is 7.79. The lowest BCUT2D eigenvalue weighted by molar-refractivity contribution is 0.567. The predicted molar refractivity (Wildman–Crippen MR) is 48.1 cm³/mol. The molecule has 0 saturated heterocycles. The Bertz CT molecular complexity index is 287. The van der Waals surface area contributed by atoms with Crippen LogP contribution < -0.4 is 5.69 Å². The van der Waals surface area contributed by atoms with E-state index in [1.54, 1.807) is 21.5 Å². The van der Waals surface area contributed by atoms with Gasteiger partial charge in [-0.15, -0.1) is 0 Å². The van der Waals surface area contributed by atoms with Crippen LogP contribution in [0.3, 0.4) is 0 Å². The molecule has 0 aliphatic heterocycles. The second-order valence-electron chi connectivity index (χ2n) is 2.69. The molecular formula is C7H12N2OS. The van der Waals surface area contributed by atoms with E-state index in [0.29, 0.717) is 5.88 Å². The molecule has 0 aromatic carbocycles. The molecule has 1 heterocycles. The van der Waals surface area contributed by atoms with Crippen LogP contribution in [-0.2, 0) is 5.88 Å². The Balaban J connectivity index is 3.11. The van der Waals surface area contributed by atoms with Crippen molar-refractivity contribution in [2.24, 2.45) is 0 Å². The third-order valence-electron chi connectivity index (χ3n) is 1.58. The Hall–Kier alpha value is -0.640. The lowest BCUT2D eigenvalue weighted by Crippen LogP contribution is -2.24. The van der Waals surface area contributed by atoms with Crippen LogP contribution >= 0.6 is 12.6 Å². The molecule has 11 heavy (non-hydrogen) atoms. The van der Waals surface area contributed by atoms with E-state index < -0.39 is 0 Å².